The number of amides is 3. The van der Waals surface area contributed by atoms with Gasteiger partial charge in [0.1, 0.15) is 12.4 Å². The minimum atomic E-state index is -4.61. The molecule has 0 spiro atoms. The van der Waals surface area contributed by atoms with Crippen LogP contribution < -0.4 is 15.4 Å². The van der Waals surface area contributed by atoms with Crippen LogP contribution in [0.4, 0.5) is 13.2 Å². The minimum absolute atomic E-state index is 0.0529. The Morgan fingerprint density at radius 1 is 1.05 bits per heavy atom. The van der Waals surface area contributed by atoms with E-state index in [-0.39, 0.29) is 38.0 Å². The lowest BCUT2D eigenvalue weighted by atomic mass is 10.0. The third-order valence-electron chi connectivity index (χ3n) is 6.57. The van der Waals surface area contributed by atoms with E-state index >= 15 is 0 Å². The maximum Gasteiger partial charge on any atom is 0.433 e. The van der Waals surface area contributed by atoms with Gasteiger partial charge >= 0.3 is 6.18 Å². The van der Waals surface area contributed by atoms with Crippen LogP contribution >= 0.6 is 11.6 Å². The molecule has 0 saturated carbocycles. The Hall–Kier alpha value is -4.52. The van der Waals surface area contributed by atoms with Gasteiger partial charge in [-0.05, 0) is 35.9 Å². The Bertz CT molecular complexity index is 1430. The van der Waals surface area contributed by atoms with Gasteiger partial charge in [-0.25, -0.2) is 9.97 Å². The molecule has 1 aliphatic rings. The lowest BCUT2D eigenvalue weighted by molar-refractivity contribution is -0.141. The summed E-state index contributed by atoms with van der Waals surface area (Å²) >= 11 is 5.88. The molecule has 1 saturated heterocycles. The predicted molar refractivity (Wildman–Crippen MR) is 151 cm³/mol. The van der Waals surface area contributed by atoms with Crippen molar-refractivity contribution in [2.75, 3.05) is 26.2 Å². The lowest BCUT2D eigenvalue weighted by Crippen LogP contribution is -2.47. The van der Waals surface area contributed by atoms with Gasteiger partial charge in [0.25, 0.3) is 0 Å². The number of carbonyl (C=O) groups is 3. The SMILES string of the molecule is O=C(/C=C/c1ccc(Cl)cc1)NCC(C(=O)NCC(=O)N1CCC(Oc2cc(C(F)(F)F)ncn2)CC1)c1ccccn1. The molecule has 14 heteroatoms. The number of hydrogen-bond acceptors (Lipinski definition) is 7. The highest BCUT2D eigenvalue weighted by Crippen LogP contribution is 2.29. The fraction of sp³-hybridized carbons (Fsp3) is 0.310. The van der Waals surface area contributed by atoms with Crippen LogP contribution in [0.5, 0.6) is 5.88 Å². The Balaban J connectivity index is 1.26. The van der Waals surface area contributed by atoms with E-state index in [2.05, 4.69) is 25.6 Å². The molecule has 1 atom stereocenters. The molecule has 2 N–H and O–H groups in total. The summed E-state index contributed by atoms with van der Waals surface area (Å²) in [7, 11) is 0. The van der Waals surface area contributed by atoms with Crippen molar-refractivity contribution in [1.82, 2.24) is 30.5 Å². The summed E-state index contributed by atoms with van der Waals surface area (Å²) in [6.07, 6.45) is 0.976. The van der Waals surface area contributed by atoms with Crippen molar-refractivity contribution < 1.29 is 32.3 Å². The summed E-state index contributed by atoms with van der Waals surface area (Å²) in [6.45, 7) is 0.244. The molecule has 1 aromatic carbocycles. The second kappa shape index (κ2) is 14.6. The Kier molecular flexibility index (Phi) is 10.7. The van der Waals surface area contributed by atoms with Crippen molar-refractivity contribution in [2.24, 2.45) is 0 Å². The zero-order valence-corrected chi connectivity index (χ0v) is 23.5. The molecule has 10 nitrogen and oxygen atoms in total. The molecule has 226 valence electrons. The summed E-state index contributed by atoms with van der Waals surface area (Å²) in [4.78, 5) is 51.0. The number of alkyl halides is 3. The third kappa shape index (κ3) is 9.50. The number of ether oxygens (including phenoxy) is 1. The summed E-state index contributed by atoms with van der Waals surface area (Å²) < 4.78 is 44.3. The Morgan fingerprint density at radius 2 is 1.79 bits per heavy atom. The molecule has 1 aliphatic heterocycles. The number of aromatic nitrogens is 3. The molecule has 0 aliphatic carbocycles. The van der Waals surface area contributed by atoms with Crippen molar-refractivity contribution in [2.45, 2.75) is 31.0 Å². The van der Waals surface area contributed by atoms with E-state index in [1.165, 1.54) is 12.3 Å². The smallest absolute Gasteiger partial charge is 0.433 e. The maximum atomic E-state index is 13.1. The van der Waals surface area contributed by atoms with Crippen molar-refractivity contribution in [3.05, 3.63) is 89.1 Å². The Morgan fingerprint density at radius 3 is 2.47 bits per heavy atom. The quantitative estimate of drug-likeness (QED) is 0.333. The number of likely N-dealkylation sites (tertiary alicyclic amines) is 1. The van der Waals surface area contributed by atoms with Gasteiger partial charge < -0.3 is 20.3 Å². The summed E-state index contributed by atoms with van der Waals surface area (Å²) in [5.41, 5.74) is 0.0990. The van der Waals surface area contributed by atoms with E-state index in [0.717, 1.165) is 18.0 Å². The van der Waals surface area contributed by atoms with Gasteiger partial charge in [0.2, 0.25) is 23.6 Å². The van der Waals surface area contributed by atoms with E-state index in [1.807, 2.05) is 0 Å². The number of piperidine rings is 1. The number of rotatable bonds is 10. The van der Waals surface area contributed by atoms with Crippen LogP contribution in [0.25, 0.3) is 6.08 Å². The van der Waals surface area contributed by atoms with Crippen molar-refractivity contribution in [1.29, 1.82) is 0 Å². The molecule has 3 amide bonds. The van der Waals surface area contributed by atoms with Crippen molar-refractivity contribution in [3.8, 4) is 5.88 Å². The minimum Gasteiger partial charge on any atom is -0.474 e. The molecule has 43 heavy (non-hydrogen) atoms. The van der Waals surface area contributed by atoms with Gasteiger partial charge in [-0.3, -0.25) is 19.4 Å². The van der Waals surface area contributed by atoms with Gasteiger partial charge in [0.15, 0.2) is 5.69 Å². The third-order valence-corrected chi connectivity index (χ3v) is 6.82. The molecule has 2 aromatic heterocycles. The molecule has 1 unspecified atom stereocenters. The van der Waals surface area contributed by atoms with E-state index in [1.54, 1.807) is 53.4 Å². The molecule has 4 rings (SSSR count). The second-order valence-corrected chi connectivity index (χ2v) is 10.0. The largest absolute Gasteiger partial charge is 0.474 e. The zero-order chi connectivity index (χ0) is 30.8. The van der Waals surface area contributed by atoms with E-state index in [0.29, 0.717) is 23.6 Å². The predicted octanol–water partition coefficient (Wildman–Crippen LogP) is 3.64. The number of halogens is 4. The summed E-state index contributed by atoms with van der Waals surface area (Å²) in [5, 5.41) is 5.90. The topological polar surface area (TPSA) is 126 Å². The van der Waals surface area contributed by atoms with E-state index in [9.17, 15) is 27.6 Å². The molecule has 3 aromatic rings. The first kappa shape index (κ1) is 31.4. The number of benzene rings is 1. The van der Waals surface area contributed by atoms with Crippen molar-refractivity contribution >= 4 is 35.4 Å². The molecule has 0 radical (unpaired) electrons. The standard InChI is InChI=1S/C29H28ClF3N6O4/c30-20-7-4-19(5-8-20)6-9-25(40)35-16-22(23-3-1-2-12-34-23)28(42)36-17-27(41)39-13-10-21(11-14-39)43-26-15-24(29(31,32)33)37-18-38-26/h1-9,12,15,18,21-22H,10-11,13-14,16-17H2,(H,35,40)(H,36,42)/b9-6+. The van der Waals surface area contributed by atoms with Crippen LogP contribution in [-0.2, 0) is 20.6 Å². The van der Waals surface area contributed by atoms with Crippen LogP contribution in [-0.4, -0.2) is 69.9 Å². The second-order valence-electron chi connectivity index (χ2n) is 9.59. The highest BCUT2D eigenvalue weighted by atomic mass is 35.5. The van der Waals surface area contributed by atoms with Gasteiger partial charge in [-0.15, -0.1) is 0 Å². The number of hydrogen-bond donors (Lipinski definition) is 2. The summed E-state index contributed by atoms with van der Waals surface area (Å²) in [5.74, 6) is -2.27. The number of nitrogens with zero attached hydrogens (tertiary/aromatic N) is 4. The first-order chi connectivity index (χ1) is 20.6. The number of carbonyl (C=O) groups excluding carboxylic acids is 3. The fourth-order valence-corrected chi connectivity index (χ4v) is 4.40. The summed E-state index contributed by atoms with van der Waals surface area (Å²) in [6, 6.07) is 12.7. The van der Waals surface area contributed by atoms with Gasteiger partial charge in [0, 0.05) is 55.8 Å². The molecular weight excluding hydrogens is 589 g/mol. The fourth-order valence-electron chi connectivity index (χ4n) is 4.27. The zero-order valence-electron chi connectivity index (χ0n) is 22.8. The van der Waals surface area contributed by atoms with E-state index < -0.39 is 35.7 Å². The molecule has 3 heterocycles. The first-order valence-corrected chi connectivity index (χ1v) is 13.7. The van der Waals surface area contributed by atoms with Gasteiger partial charge in [-0.1, -0.05) is 29.8 Å². The van der Waals surface area contributed by atoms with Gasteiger partial charge in [-0.2, -0.15) is 13.2 Å². The molecule has 1 fully saturated rings. The van der Waals surface area contributed by atoms with E-state index in [4.69, 9.17) is 16.3 Å². The maximum absolute atomic E-state index is 13.1. The van der Waals surface area contributed by atoms with Crippen LogP contribution in [0.1, 0.15) is 35.7 Å². The van der Waals surface area contributed by atoms with Gasteiger partial charge in [0.05, 0.1) is 18.2 Å². The van der Waals surface area contributed by atoms with Crippen LogP contribution in [0.3, 0.4) is 0 Å². The highest BCUT2D eigenvalue weighted by Gasteiger charge is 2.33. The number of nitrogens with one attached hydrogen (secondary N) is 2. The Labute approximate surface area is 250 Å². The normalized spacial score (nSPS) is 14.7. The van der Waals surface area contributed by atoms with Crippen molar-refractivity contribution in [3.63, 3.8) is 0 Å². The average molecular weight is 617 g/mol. The molecular formula is C29H28ClF3N6O4. The first-order valence-electron chi connectivity index (χ1n) is 13.3. The van der Waals surface area contributed by atoms with Crippen LogP contribution in [0.15, 0.2) is 67.1 Å². The van der Waals surface area contributed by atoms with Crippen LogP contribution in [0, 0.1) is 0 Å². The average Bonchev–Trinajstić information content (AvgIpc) is 3.00. The molecule has 0 bridgehead atoms. The lowest BCUT2D eigenvalue weighted by Gasteiger charge is -2.32. The monoisotopic (exact) mass is 616 g/mol. The highest BCUT2D eigenvalue weighted by molar-refractivity contribution is 6.30. The number of pyridine rings is 1. The van der Waals surface area contributed by atoms with Crippen LogP contribution in [0.2, 0.25) is 5.02 Å².